The lowest BCUT2D eigenvalue weighted by Gasteiger charge is -2.34. The number of thiol groups is 1. The van der Waals surface area contributed by atoms with Crippen molar-refractivity contribution in [3.05, 3.63) is 229 Å². The van der Waals surface area contributed by atoms with Gasteiger partial charge in [-0.15, -0.1) is 12.6 Å². The molecule has 58 heavy (non-hydrogen) atoms. The van der Waals surface area contributed by atoms with Crippen molar-refractivity contribution in [3.8, 4) is 44.5 Å². The van der Waals surface area contributed by atoms with Crippen LogP contribution in [0.1, 0.15) is 24.5 Å². The number of fused-ring (bicyclic) bond motifs is 3. The molecule has 278 valence electrons. The third kappa shape index (κ3) is 6.44. The Bertz CT molecular complexity index is 2840. The Labute approximate surface area is 346 Å². The SMILES string of the molecule is CC12CC(c3ccc(Nc4cccc(-c5ccccc5)c4)c(-c4ccccc4)c3)=CC=C1N(c1cccc(-c3ccccc3)c1)c1c2ccc(-c2ccccc2)c1S. The van der Waals surface area contributed by atoms with Crippen LogP contribution in [-0.2, 0) is 5.41 Å². The molecule has 8 aromatic carbocycles. The van der Waals surface area contributed by atoms with E-state index in [2.05, 4.69) is 229 Å². The van der Waals surface area contributed by atoms with E-state index >= 15 is 0 Å². The third-order valence-corrected chi connectivity index (χ3v) is 12.2. The first-order valence-corrected chi connectivity index (χ1v) is 20.4. The molecule has 10 rings (SSSR count). The minimum Gasteiger partial charge on any atom is -0.355 e. The van der Waals surface area contributed by atoms with Gasteiger partial charge in [0.1, 0.15) is 0 Å². The number of benzene rings is 8. The minimum absolute atomic E-state index is 0.295. The largest absolute Gasteiger partial charge is 0.355 e. The van der Waals surface area contributed by atoms with E-state index in [-0.39, 0.29) is 5.41 Å². The molecule has 0 saturated carbocycles. The van der Waals surface area contributed by atoms with Crippen LogP contribution in [0.5, 0.6) is 0 Å². The molecule has 3 heteroatoms. The molecule has 2 nitrogen and oxygen atoms in total. The first-order chi connectivity index (χ1) is 28.5. The number of nitrogens with zero attached hydrogens (tertiary/aromatic N) is 1. The van der Waals surface area contributed by atoms with Gasteiger partial charge in [-0.05, 0) is 111 Å². The lowest BCUT2D eigenvalue weighted by molar-refractivity contribution is 0.586. The predicted octanol–water partition coefficient (Wildman–Crippen LogP) is 15.2. The first kappa shape index (κ1) is 35.6. The molecule has 0 bridgehead atoms. The van der Waals surface area contributed by atoms with Gasteiger partial charge in [-0.3, -0.25) is 0 Å². The summed E-state index contributed by atoms with van der Waals surface area (Å²) >= 11 is 5.37. The summed E-state index contributed by atoms with van der Waals surface area (Å²) in [6, 6.07) is 71.6. The van der Waals surface area contributed by atoms with Gasteiger partial charge in [-0.1, -0.05) is 170 Å². The Morgan fingerprint density at radius 2 is 1.05 bits per heavy atom. The minimum atomic E-state index is -0.295. The third-order valence-electron chi connectivity index (χ3n) is 11.8. The summed E-state index contributed by atoms with van der Waals surface area (Å²) in [5.74, 6) is 0. The van der Waals surface area contributed by atoms with Crippen LogP contribution in [0.3, 0.4) is 0 Å². The van der Waals surface area contributed by atoms with E-state index in [1.807, 2.05) is 0 Å². The van der Waals surface area contributed by atoms with Gasteiger partial charge in [0.2, 0.25) is 0 Å². The second kappa shape index (κ2) is 14.9. The maximum absolute atomic E-state index is 5.37. The lowest BCUT2D eigenvalue weighted by atomic mass is 9.72. The van der Waals surface area contributed by atoms with E-state index in [0.717, 1.165) is 45.2 Å². The van der Waals surface area contributed by atoms with Crippen LogP contribution < -0.4 is 10.2 Å². The molecular formula is C55H42N2S. The normalized spacial score (nSPS) is 15.6. The average molecular weight is 763 g/mol. The van der Waals surface area contributed by atoms with E-state index in [0.29, 0.717) is 0 Å². The van der Waals surface area contributed by atoms with Crippen LogP contribution in [0.4, 0.5) is 22.7 Å². The molecule has 1 aliphatic heterocycles. The standard InChI is InChI=1S/C55H42N2S/c1-55-37-45(44-28-32-51(49(36-44)41-22-12-5-13-23-41)56-46-26-14-24-42(34-46)38-16-6-2-7-17-38)29-33-52(55)57(47-27-15-25-43(35-47)39-18-8-3-9-19-39)53-50(55)31-30-48(54(53)58)40-20-10-4-11-21-40/h2-36,56,58H,37H2,1H3. The van der Waals surface area contributed by atoms with E-state index in [1.54, 1.807) is 0 Å². The van der Waals surface area contributed by atoms with Crippen molar-refractivity contribution < 1.29 is 0 Å². The molecule has 8 aromatic rings. The molecule has 0 spiro atoms. The predicted molar refractivity (Wildman–Crippen MR) is 248 cm³/mol. The Balaban J connectivity index is 1.07. The fraction of sp³-hybridized carbons (Fsp3) is 0.0545. The van der Waals surface area contributed by atoms with Gasteiger partial charge in [0.25, 0.3) is 0 Å². The monoisotopic (exact) mass is 762 g/mol. The van der Waals surface area contributed by atoms with Crippen molar-refractivity contribution >= 4 is 41.0 Å². The summed E-state index contributed by atoms with van der Waals surface area (Å²) < 4.78 is 0. The van der Waals surface area contributed by atoms with Crippen molar-refractivity contribution in [1.82, 2.24) is 0 Å². The van der Waals surface area contributed by atoms with Gasteiger partial charge in [0.05, 0.1) is 5.69 Å². The van der Waals surface area contributed by atoms with Gasteiger partial charge in [0, 0.05) is 38.6 Å². The van der Waals surface area contributed by atoms with E-state index in [9.17, 15) is 0 Å². The average Bonchev–Trinajstić information content (AvgIpc) is 3.56. The lowest BCUT2D eigenvalue weighted by Crippen LogP contribution is -2.28. The van der Waals surface area contributed by atoms with E-state index in [1.165, 1.54) is 55.8 Å². The van der Waals surface area contributed by atoms with E-state index in [4.69, 9.17) is 12.6 Å². The van der Waals surface area contributed by atoms with Crippen molar-refractivity contribution in [2.45, 2.75) is 23.7 Å². The van der Waals surface area contributed by atoms with Gasteiger partial charge >= 0.3 is 0 Å². The molecule has 0 fully saturated rings. The van der Waals surface area contributed by atoms with Crippen LogP contribution in [0.25, 0.3) is 50.1 Å². The van der Waals surface area contributed by atoms with E-state index < -0.39 is 0 Å². The smallest absolute Gasteiger partial charge is 0.0640 e. The number of rotatable bonds is 8. The number of allylic oxidation sites excluding steroid dienone is 4. The topological polar surface area (TPSA) is 15.3 Å². The van der Waals surface area contributed by atoms with Crippen LogP contribution in [0, 0.1) is 0 Å². The molecule has 0 aromatic heterocycles. The summed E-state index contributed by atoms with van der Waals surface area (Å²) in [6.07, 6.45) is 5.54. The molecule has 0 radical (unpaired) electrons. The molecule has 0 saturated heterocycles. The molecule has 1 aliphatic carbocycles. The zero-order valence-corrected chi connectivity index (χ0v) is 33.2. The number of nitrogens with one attached hydrogen (secondary N) is 1. The second-order valence-electron chi connectivity index (χ2n) is 15.4. The van der Waals surface area contributed by atoms with Crippen LogP contribution in [0.15, 0.2) is 223 Å². The highest BCUT2D eigenvalue weighted by atomic mass is 32.1. The maximum atomic E-state index is 5.37. The fourth-order valence-electron chi connectivity index (χ4n) is 8.86. The quantitative estimate of drug-likeness (QED) is 0.150. The van der Waals surface area contributed by atoms with Crippen LogP contribution >= 0.6 is 12.6 Å². The Kier molecular flexibility index (Phi) is 9.16. The first-order valence-electron chi connectivity index (χ1n) is 19.9. The van der Waals surface area contributed by atoms with Crippen LogP contribution in [0.2, 0.25) is 0 Å². The highest BCUT2D eigenvalue weighted by Gasteiger charge is 2.47. The molecule has 1 N–H and O–H groups in total. The Morgan fingerprint density at radius 3 is 1.71 bits per heavy atom. The van der Waals surface area contributed by atoms with Crippen LogP contribution in [-0.4, -0.2) is 0 Å². The summed E-state index contributed by atoms with van der Waals surface area (Å²) in [7, 11) is 0. The summed E-state index contributed by atoms with van der Waals surface area (Å²) in [5.41, 5.74) is 18.6. The van der Waals surface area contributed by atoms with Crippen molar-refractivity contribution in [3.63, 3.8) is 0 Å². The van der Waals surface area contributed by atoms with Gasteiger partial charge < -0.3 is 10.2 Å². The highest BCUT2D eigenvalue weighted by molar-refractivity contribution is 7.80. The zero-order chi connectivity index (χ0) is 39.1. The Hall–Kier alpha value is -6.81. The molecule has 1 heterocycles. The van der Waals surface area contributed by atoms with Gasteiger partial charge in [-0.25, -0.2) is 0 Å². The zero-order valence-electron chi connectivity index (χ0n) is 32.3. The van der Waals surface area contributed by atoms with Gasteiger partial charge in [0.15, 0.2) is 0 Å². The molecule has 0 amide bonds. The van der Waals surface area contributed by atoms with Crippen molar-refractivity contribution in [1.29, 1.82) is 0 Å². The molecule has 1 unspecified atom stereocenters. The van der Waals surface area contributed by atoms with Crippen molar-refractivity contribution in [2.24, 2.45) is 0 Å². The fourth-order valence-corrected chi connectivity index (χ4v) is 9.29. The second-order valence-corrected chi connectivity index (χ2v) is 15.9. The number of anilines is 4. The Morgan fingerprint density at radius 1 is 0.483 bits per heavy atom. The molecular weight excluding hydrogens is 721 g/mol. The summed E-state index contributed by atoms with van der Waals surface area (Å²) in [5, 5.41) is 3.79. The van der Waals surface area contributed by atoms with Crippen molar-refractivity contribution in [2.75, 3.05) is 10.2 Å². The van der Waals surface area contributed by atoms with Gasteiger partial charge in [-0.2, -0.15) is 0 Å². The number of hydrogen-bond donors (Lipinski definition) is 2. The number of hydrogen-bond acceptors (Lipinski definition) is 3. The maximum Gasteiger partial charge on any atom is 0.0640 e. The summed E-state index contributed by atoms with van der Waals surface area (Å²) in [6.45, 7) is 2.41. The molecule has 1 atom stereocenters. The summed E-state index contributed by atoms with van der Waals surface area (Å²) in [4.78, 5) is 3.46. The highest BCUT2D eigenvalue weighted by Crippen LogP contribution is 2.59. The molecule has 2 aliphatic rings.